The van der Waals surface area contributed by atoms with Crippen LogP contribution in [0.25, 0.3) is 5.57 Å². The molecule has 0 aliphatic carbocycles. The Morgan fingerprint density at radius 2 is 1.96 bits per heavy atom. The van der Waals surface area contributed by atoms with Crippen molar-refractivity contribution in [1.29, 1.82) is 0 Å². The number of rotatable bonds is 5. The predicted molar refractivity (Wildman–Crippen MR) is 103 cm³/mol. The van der Waals surface area contributed by atoms with Crippen LogP contribution < -0.4 is 14.4 Å². The van der Waals surface area contributed by atoms with Gasteiger partial charge in [0.1, 0.15) is 5.82 Å². The molecule has 0 unspecified atom stereocenters. The lowest BCUT2D eigenvalue weighted by Crippen LogP contribution is -2.37. The number of allylic oxidation sites excluding steroid dienone is 1. The summed E-state index contributed by atoms with van der Waals surface area (Å²) in [5.41, 5.74) is 1.89. The number of benzene rings is 1. The Labute approximate surface area is 161 Å². The SMILES string of the molecule is C=C(C)c1cc(Br)c(Oc2nc(C)nc(N3CCOCC3)n2)c(OC)c1. The summed E-state index contributed by atoms with van der Waals surface area (Å²) in [6.45, 7) is 10.5. The molecule has 1 saturated heterocycles. The van der Waals surface area contributed by atoms with Gasteiger partial charge in [0.25, 0.3) is 0 Å². The van der Waals surface area contributed by atoms with E-state index in [1.165, 1.54) is 0 Å². The number of methoxy groups -OCH3 is 1. The van der Waals surface area contributed by atoms with Crippen molar-refractivity contribution >= 4 is 27.5 Å². The van der Waals surface area contributed by atoms with Crippen LogP contribution in [-0.2, 0) is 4.74 Å². The summed E-state index contributed by atoms with van der Waals surface area (Å²) in [4.78, 5) is 15.2. The number of morpholine rings is 1. The Kier molecular flexibility index (Phi) is 5.73. The second-order valence-electron chi connectivity index (χ2n) is 5.94. The number of nitrogens with zero attached hydrogens (tertiary/aromatic N) is 4. The highest BCUT2D eigenvalue weighted by atomic mass is 79.9. The number of ether oxygens (including phenoxy) is 3. The van der Waals surface area contributed by atoms with Gasteiger partial charge in [-0.05, 0) is 47.5 Å². The molecule has 138 valence electrons. The number of hydrogen-bond donors (Lipinski definition) is 0. The van der Waals surface area contributed by atoms with E-state index in [-0.39, 0.29) is 6.01 Å². The van der Waals surface area contributed by atoms with Gasteiger partial charge in [-0.3, -0.25) is 0 Å². The molecule has 1 aromatic carbocycles. The third kappa shape index (κ3) is 4.13. The van der Waals surface area contributed by atoms with E-state index in [1.54, 1.807) is 7.11 Å². The van der Waals surface area contributed by atoms with E-state index in [2.05, 4.69) is 42.4 Å². The Bertz CT molecular complexity index is 822. The molecule has 2 aromatic rings. The molecule has 1 fully saturated rings. The smallest absolute Gasteiger partial charge is 0.327 e. The molecule has 26 heavy (non-hydrogen) atoms. The van der Waals surface area contributed by atoms with Crippen LogP contribution in [0, 0.1) is 6.92 Å². The van der Waals surface area contributed by atoms with E-state index in [9.17, 15) is 0 Å². The third-order valence-electron chi connectivity index (χ3n) is 3.92. The van der Waals surface area contributed by atoms with Gasteiger partial charge in [0.15, 0.2) is 11.5 Å². The van der Waals surface area contributed by atoms with Crippen LogP contribution in [0.1, 0.15) is 18.3 Å². The molecule has 3 rings (SSSR count). The normalized spacial score (nSPS) is 14.2. The van der Waals surface area contributed by atoms with Crippen LogP contribution >= 0.6 is 15.9 Å². The molecular formula is C18H21BrN4O3. The average molecular weight is 421 g/mol. The lowest BCUT2D eigenvalue weighted by molar-refractivity contribution is 0.122. The standard InChI is InChI=1S/C18H21BrN4O3/c1-11(2)13-9-14(19)16(15(10-13)24-4)26-18-21-12(3)20-17(22-18)23-5-7-25-8-6-23/h9-10H,1,5-8H2,2-4H3. The molecule has 0 radical (unpaired) electrons. The van der Waals surface area contributed by atoms with Gasteiger partial charge in [-0.25, -0.2) is 0 Å². The van der Waals surface area contributed by atoms with Crippen molar-refractivity contribution in [1.82, 2.24) is 15.0 Å². The van der Waals surface area contributed by atoms with Crippen LogP contribution in [0.4, 0.5) is 5.95 Å². The van der Waals surface area contributed by atoms with Gasteiger partial charge < -0.3 is 19.1 Å². The van der Waals surface area contributed by atoms with Crippen molar-refractivity contribution in [3.8, 4) is 17.5 Å². The molecule has 0 saturated carbocycles. The fourth-order valence-corrected chi connectivity index (χ4v) is 3.07. The van der Waals surface area contributed by atoms with Crippen molar-refractivity contribution in [2.75, 3.05) is 38.3 Å². The van der Waals surface area contributed by atoms with Crippen LogP contribution in [-0.4, -0.2) is 48.4 Å². The maximum Gasteiger partial charge on any atom is 0.327 e. The molecule has 0 atom stereocenters. The molecule has 1 aliphatic heterocycles. The summed E-state index contributed by atoms with van der Waals surface area (Å²) in [5.74, 6) is 2.26. The number of anilines is 1. The first kappa shape index (κ1) is 18.6. The van der Waals surface area contributed by atoms with Crippen molar-refractivity contribution in [2.45, 2.75) is 13.8 Å². The van der Waals surface area contributed by atoms with Crippen LogP contribution in [0.2, 0.25) is 0 Å². The summed E-state index contributed by atoms with van der Waals surface area (Å²) in [7, 11) is 1.59. The van der Waals surface area contributed by atoms with E-state index in [1.807, 2.05) is 26.0 Å². The first-order valence-corrected chi connectivity index (χ1v) is 9.04. The second kappa shape index (κ2) is 8.01. The van der Waals surface area contributed by atoms with Gasteiger partial charge in [-0.2, -0.15) is 15.0 Å². The van der Waals surface area contributed by atoms with Gasteiger partial charge in [0.2, 0.25) is 5.95 Å². The van der Waals surface area contributed by atoms with Crippen LogP contribution in [0.15, 0.2) is 23.2 Å². The van der Waals surface area contributed by atoms with E-state index >= 15 is 0 Å². The van der Waals surface area contributed by atoms with Crippen LogP contribution in [0.5, 0.6) is 17.5 Å². The van der Waals surface area contributed by atoms with E-state index in [0.717, 1.165) is 28.7 Å². The molecule has 0 amide bonds. The monoisotopic (exact) mass is 420 g/mol. The lowest BCUT2D eigenvalue weighted by Gasteiger charge is -2.26. The first-order chi connectivity index (χ1) is 12.5. The fraction of sp³-hybridized carbons (Fsp3) is 0.389. The zero-order valence-corrected chi connectivity index (χ0v) is 16.7. The lowest BCUT2D eigenvalue weighted by atomic mass is 10.1. The highest BCUT2D eigenvalue weighted by Gasteiger charge is 2.19. The van der Waals surface area contributed by atoms with Gasteiger partial charge in [-0.1, -0.05) is 12.2 Å². The topological polar surface area (TPSA) is 69.6 Å². The highest BCUT2D eigenvalue weighted by Crippen LogP contribution is 2.40. The van der Waals surface area contributed by atoms with E-state index in [0.29, 0.717) is 36.5 Å². The van der Waals surface area contributed by atoms with Gasteiger partial charge in [0.05, 0.1) is 24.8 Å². The minimum absolute atomic E-state index is 0.223. The zero-order chi connectivity index (χ0) is 18.7. The molecule has 2 heterocycles. The Morgan fingerprint density at radius 1 is 1.23 bits per heavy atom. The van der Waals surface area contributed by atoms with Gasteiger partial charge in [-0.15, -0.1) is 0 Å². The minimum Gasteiger partial charge on any atom is -0.493 e. The second-order valence-corrected chi connectivity index (χ2v) is 6.79. The number of aromatic nitrogens is 3. The third-order valence-corrected chi connectivity index (χ3v) is 4.51. The molecule has 0 N–H and O–H groups in total. The van der Waals surface area contributed by atoms with Crippen molar-refractivity contribution in [2.24, 2.45) is 0 Å². The van der Waals surface area contributed by atoms with Crippen LogP contribution in [0.3, 0.4) is 0 Å². The Morgan fingerprint density at radius 3 is 2.62 bits per heavy atom. The molecule has 7 nitrogen and oxygen atoms in total. The quantitative estimate of drug-likeness (QED) is 0.731. The molecular weight excluding hydrogens is 400 g/mol. The summed E-state index contributed by atoms with van der Waals surface area (Å²) < 4.78 is 17.5. The molecule has 1 aliphatic rings. The number of aryl methyl sites for hydroxylation is 1. The predicted octanol–water partition coefficient (Wildman–Crippen LogP) is 3.61. The van der Waals surface area contributed by atoms with Crippen molar-refractivity contribution in [3.63, 3.8) is 0 Å². The largest absolute Gasteiger partial charge is 0.493 e. The molecule has 1 aromatic heterocycles. The van der Waals surface area contributed by atoms with Crippen molar-refractivity contribution in [3.05, 3.63) is 34.6 Å². The highest BCUT2D eigenvalue weighted by molar-refractivity contribution is 9.10. The molecule has 0 bridgehead atoms. The summed E-state index contributed by atoms with van der Waals surface area (Å²) in [6, 6.07) is 4.03. The first-order valence-electron chi connectivity index (χ1n) is 8.24. The fourth-order valence-electron chi connectivity index (χ4n) is 2.55. The van der Waals surface area contributed by atoms with E-state index < -0.39 is 0 Å². The maximum absolute atomic E-state index is 5.96. The van der Waals surface area contributed by atoms with Crippen molar-refractivity contribution < 1.29 is 14.2 Å². The zero-order valence-electron chi connectivity index (χ0n) is 15.1. The average Bonchev–Trinajstić information content (AvgIpc) is 2.63. The number of halogens is 1. The van der Waals surface area contributed by atoms with Gasteiger partial charge >= 0.3 is 6.01 Å². The Balaban J connectivity index is 1.93. The summed E-state index contributed by atoms with van der Waals surface area (Å²) in [5, 5.41) is 0. The van der Waals surface area contributed by atoms with E-state index in [4.69, 9.17) is 14.2 Å². The molecule has 0 spiro atoms. The molecule has 8 heteroatoms. The minimum atomic E-state index is 0.223. The summed E-state index contributed by atoms with van der Waals surface area (Å²) in [6.07, 6.45) is 0. The Hall–Kier alpha value is -2.19. The summed E-state index contributed by atoms with van der Waals surface area (Å²) >= 11 is 3.53. The van der Waals surface area contributed by atoms with Gasteiger partial charge in [0, 0.05) is 13.1 Å². The maximum atomic E-state index is 5.96. The number of hydrogen-bond acceptors (Lipinski definition) is 7.